The number of amides is 1. The van der Waals surface area contributed by atoms with E-state index in [9.17, 15) is 4.79 Å². The van der Waals surface area contributed by atoms with Crippen LogP contribution in [0, 0.1) is 0 Å². The largest absolute Gasteiger partial charge is 0.378 e. The molecule has 2 fully saturated rings. The summed E-state index contributed by atoms with van der Waals surface area (Å²) >= 11 is 0. The van der Waals surface area contributed by atoms with Gasteiger partial charge < -0.3 is 19.7 Å². The van der Waals surface area contributed by atoms with Crippen molar-refractivity contribution in [3.63, 3.8) is 0 Å². The third-order valence-electron chi connectivity index (χ3n) is 4.19. The van der Waals surface area contributed by atoms with Crippen molar-refractivity contribution in [1.82, 2.24) is 10.2 Å². The van der Waals surface area contributed by atoms with Crippen molar-refractivity contribution in [2.24, 2.45) is 0 Å². The lowest BCUT2D eigenvalue weighted by Crippen LogP contribution is -2.58. The van der Waals surface area contributed by atoms with E-state index in [1.807, 2.05) is 30.0 Å². The van der Waals surface area contributed by atoms with Gasteiger partial charge in [0.1, 0.15) is 11.6 Å². The molecule has 1 aromatic carbocycles. The number of rotatable bonds is 2. The summed E-state index contributed by atoms with van der Waals surface area (Å²) in [7, 11) is 0. The van der Waals surface area contributed by atoms with E-state index in [4.69, 9.17) is 9.47 Å². The summed E-state index contributed by atoms with van der Waals surface area (Å²) in [5.41, 5.74) is 0.667. The fraction of sp³-hybridized carbons (Fsp3) is 0.562. The summed E-state index contributed by atoms with van der Waals surface area (Å²) in [6, 6.07) is 9.87. The van der Waals surface area contributed by atoms with Crippen molar-refractivity contribution in [3.05, 3.63) is 35.9 Å². The highest BCUT2D eigenvalue weighted by Gasteiger charge is 2.37. The van der Waals surface area contributed by atoms with Gasteiger partial charge in [-0.25, -0.2) is 0 Å². The first-order valence-electron chi connectivity index (χ1n) is 7.48. The molecule has 0 aliphatic carbocycles. The van der Waals surface area contributed by atoms with Gasteiger partial charge in [0.25, 0.3) is 0 Å². The summed E-state index contributed by atoms with van der Waals surface area (Å²) in [4.78, 5) is 14.5. The predicted molar refractivity (Wildman–Crippen MR) is 78.9 cm³/mol. The van der Waals surface area contributed by atoms with Gasteiger partial charge in [0.05, 0.1) is 26.4 Å². The molecule has 0 spiro atoms. The van der Waals surface area contributed by atoms with Gasteiger partial charge in [0.2, 0.25) is 5.91 Å². The fourth-order valence-electron chi connectivity index (χ4n) is 2.97. The SMILES string of the molecule is CC1(c2ccccc2)CN(C(=O)C2COCCN2)CCO1. The van der Waals surface area contributed by atoms with Gasteiger partial charge in [-0.3, -0.25) is 4.79 Å². The molecule has 2 atom stereocenters. The van der Waals surface area contributed by atoms with E-state index in [1.54, 1.807) is 0 Å². The van der Waals surface area contributed by atoms with Crippen LogP contribution in [0.1, 0.15) is 12.5 Å². The van der Waals surface area contributed by atoms with E-state index in [2.05, 4.69) is 17.4 Å². The maximum absolute atomic E-state index is 12.6. The van der Waals surface area contributed by atoms with Gasteiger partial charge in [-0.15, -0.1) is 0 Å². The lowest BCUT2D eigenvalue weighted by Gasteiger charge is -2.42. The minimum absolute atomic E-state index is 0.111. The van der Waals surface area contributed by atoms with Crippen LogP contribution >= 0.6 is 0 Å². The Kier molecular flexibility index (Phi) is 4.24. The van der Waals surface area contributed by atoms with Crippen molar-refractivity contribution in [1.29, 1.82) is 0 Å². The number of carbonyl (C=O) groups excluding carboxylic acids is 1. The van der Waals surface area contributed by atoms with Crippen LogP contribution in [0.3, 0.4) is 0 Å². The number of carbonyl (C=O) groups is 1. The normalized spacial score (nSPS) is 30.1. The van der Waals surface area contributed by atoms with Gasteiger partial charge >= 0.3 is 0 Å². The smallest absolute Gasteiger partial charge is 0.242 e. The van der Waals surface area contributed by atoms with Crippen LogP contribution < -0.4 is 5.32 Å². The summed E-state index contributed by atoms with van der Waals surface area (Å²) in [6.45, 7) is 5.69. The topological polar surface area (TPSA) is 50.8 Å². The average Bonchev–Trinajstić information content (AvgIpc) is 2.56. The Hall–Kier alpha value is -1.43. The molecule has 5 nitrogen and oxygen atoms in total. The van der Waals surface area contributed by atoms with Gasteiger partial charge in [-0.2, -0.15) is 0 Å². The molecule has 114 valence electrons. The molecule has 1 amide bonds. The molecule has 2 heterocycles. The third-order valence-corrected chi connectivity index (χ3v) is 4.19. The molecular formula is C16H22N2O3. The predicted octanol–water partition coefficient (Wildman–Crippen LogP) is 0.749. The highest BCUT2D eigenvalue weighted by atomic mass is 16.5. The first-order chi connectivity index (χ1) is 10.2. The number of nitrogens with one attached hydrogen (secondary N) is 1. The quantitative estimate of drug-likeness (QED) is 0.873. The van der Waals surface area contributed by atoms with Gasteiger partial charge in [-0.1, -0.05) is 30.3 Å². The van der Waals surface area contributed by atoms with E-state index < -0.39 is 5.60 Å². The van der Waals surface area contributed by atoms with E-state index >= 15 is 0 Å². The lowest BCUT2D eigenvalue weighted by molar-refractivity contribution is -0.154. The average molecular weight is 290 g/mol. The van der Waals surface area contributed by atoms with Crippen LogP contribution in [-0.4, -0.2) is 56.3 Å². The number of ether oxygens (including phenoxy) is 2. The number of nitrogens with zero attached hydrogens (tertiary/aromatic N) is 1. The monoisotopic (exact) mass is 290 g/mol. The van der Waals surface area contributed by atoms with Crippen molar-refractivity contribution in [3.8, 4) is 0 Å². The zero-order valence-electron chi connectivity index (χ0n) is 12.4. The van der Waals surface area contributed by atoms with Crippen molar-refractivity contribution in [2.45, 2.75) is 18.6 Å². The molecule has 0 saturated carbocycles. The lowest BCUT2D eigenvalue weighted by atomic mass is 9.93. The fourth-order valence-corrected chi connectivity index (χ4v) is 2.97. The second-order valence-corrected chi connectivity index (χ2v) is 5.79. The zero-order chi connectivity index (χ0) is 14.7. The molecule has 2 unspecified atom stereocenters. The van der Waals surface area contributed by atoms with E-state index in [0.717, 1.165) is 12.1 Å². The summed E-state index contributed by atoms with van der Waals surface area (Å²) in [5.74, 6) is 0.111. The molecule has 2 aliphatic rings. The van der Waals surface area contributed by atoms with Crippen LogP contribution in [-0.2, 0) is 19.9 Å². The Morgan fingerprint density at radius 2 is 2.14 bits per heavy atom. The maximum atomic E-state index is 12.6. The van der Waals surface area contributed by atoms with Crippen molar-refractivity contribution in [2.75, 3.05) is 39.5 Å². The standard InChI is InChI=1S/C16H22N2O3/c1-16(13-5-3-2-4-6-13)12-18(8-10-21-16)15(19)14-11-20-9-7-17-14/h2-6,14,17H,7-12H2,1H3. The second kappa shape index (κ2) is 6.13. The molecule has 1 N–H and O–H groups in total. The maximum Gasteiger partial charge on any atom is 0.242 e. The molecule has 0 radical (unpaired) electrons. The zero-order valence-corrected chi connectivity index (χ0v) is 12.4. The minimum Gasteiger partial charge on any atom is -0.378 e. The molecular weight excluding hydrogens is 268 g/mol. The number of hydrogen-bond acceptors (Lipinski definition) is 4. The number of benzene rings is 1. The first-order valence-corrected chi connectivity index (χ1v) is 7.48. The Morgan fingerprint density at radius 1 is 1.33 bits per heavy atom. The Balaban J connectivity index is 1.72. The summed E-state index contributed by atoms with van der Waals surface area (Å²) < 4.78 is 11.4. The minimum atomic E-state index is -0.440. The molecule has 0 aromatic heterocycles. The first kappa shape index (κ1) is 14.5. The molecule has 0 bridgehead atoms. The third kappa shape index (κ3) is 3.10. The van der Waals surface area contributed by atoms with Crippen LogP contribution in [0.4, 0.5) is 0 Å². The van der Waals surface area contributed by atoms with Crippen LogP contribution in [0.5, 0.6) is 0 Å². The molecule has 1 aromatic rings. The van der Waals surface area contributed by atoms with Gasteiger partial charge in [0, 0.05) is 13.1 Å². The van der Waals surface area contributed by atoms with E-state index in [-0.39, 0.29) is 11.9 Å². The molecule has 5 heteroatoms. The van der Waals surface area contributed by atoms with Crippen LogP contribution in [0.2, 0.25) is 0 Å². The van der Waals surface area contributed by atoms with Crippen LogP contribution in [0.15, 0.2) is 30.3 Å². The molecule has 21 heavy (non-hydrogen) atoms. The highest BCUT2D eigenvalue weighted by molar-refractivity contribution is 5.82. The van der Waals surface area contributed by atoms with Gasteiger partial charge in [-0.05, 0) is 12.5 Å². The van der Waals surface area contributed by atoms with Crippen LogP contribution in [0.25, 0.3) is 0 Å². The summed E-state index contributed by atoms with van der Waals surface area (Å²) in [6.07, 6.45) is 0. The Morgan fingerprint density at radius 3 is 2.86 bits per heavy atom. The van der Waals surface area contributed by atoms with Crippen molar-refractivity contribution >= 4 is 5.91 Å². The highest BCUT2D eigenvalue weighted by Crippen LogP contribution is 2.29. The van der Waals surface area contributed by atoms with E-state index in [0.29, 0.717) is 32.9 Å². The second-order valence-electron chi connectivity index (χ2n) is 5.79. The Bertz CT molecular complexity index is 488. The summed E-state index contributed by atoms with van der Waals surface area (Å²) in [5, 5.41) is 3.23. The van der Waals surface area contributed by atoms with E-state index in [1.165, 1.54) is 0 Å². The molecule has 3 rings (SSSR count). The van der Waals surface area contributed by atoms with Gasteiger partial charge in [0.15, 0.2) is 0 Å². The molecule has 2 aliphatic heterocycles. The number of morpholine rings is 2. The Labute approximate surface area is 125 Å². The number of hydrogen-bond donors (Lipinski definition) is 1. The van der Waals surface area contributed by atoms with Crippen molar-refractivity contribution < 1.29 is 14.3 Å². The molecule has 2 saturated heterocycles.